The quantitative estimate of drug-likeness (QED) is 0.556. The minimum atomic E-state index is -1.98. The van der Waals surface area contributed by atoms with Crippen molar-refractivity contribution in [3.05, 3.63) is 81.9 Å². The van der Waals surface area contributed by atoms with Crippen LogP contribution in [-0.2, 0) is 19.1 Å². The van der Waals surface area contributed by atoms with Gasteiger partial charge in [0, 0.05) is 22.3 Å². The standard InChI is InChI=1S/C24H16O8/c1-2-32-24(31)15(16-18(25)11-7-3-5-9-13(11)20(27)22(16)29)17-19(26)12-8-4-6-10-14(12)21(28)23(17)30/h3-10,15,25-26H,2H2,1H3. The summed E-state index contributed by atoms with van der Waals surface area (Å²) in [6.07, 6.45) is 0. The van der Waals surface area contributed by atoms with Gasteiger partial charge >= 0.3 is 5.97 Å². The highest BCUT2D eigenvalue weighted by molar-refractivity contribution is 6.55. The first-order valence-electron chi connectivity index (χ1n) is 9.69. The molecule has 2 aromatic rings. The van der Waals surface area contributed by atoms with Crippen LogP contribution in [-0.4, -0.2) is 45.9 Å². The number of carbonyl (C=O) groups is 5. The fourth-order valence-electron chi connectivity index (χ4n) is 3.91. The minimum Gasteiger partial charge on any atom is -0.507 e. The summed E-state index contributed by atoms with van der Waals surface area (Å²) in [5, 5.41) is 21.7. The Morgan fingerprint density at radius 3 is 1.47 bits per heavy atom. The summed E-state index contributed by atoms with van der Waals surface area (Å²) in [6.45, 7) is 1.32. The summed E-state index contributed by atoms with van der Waals surface area (Å²) in [5.41, 5.74) is -1.64. The average Bonchev–Trinajstić information content (AvgIpc) is 2.80. The van der Waals surface area contributed by atoms with Crippen molar-refractivity contribution in [3.8, 4) is 0 Å². The van der Waals surface area contributed by atoms with E-state index in [1.165, 1.54) is 55.5 Å². The van der Waals surface area contributed by atoms with E-state index in [1.54, 1.807) is 0 Å². The molecule has 8 heteroatoms. The van der Waals surface area contributed by atoms with Gasteiger partial charge in [0.25, 0.3) is 0 Å². The molecule has 2 N–H and O–H groups in total. The molecule has 160 valence electrons. The van der Waals surface area contributed by atoms with Crippen LogP contribution in [0.1, 0.15) is 38.8 Å². The number of carbonyl (C=O) groups excluding carboxylic acids is 5. The van der Waals surface area contributed by atoms with Crippen LogP contribution in [0.15, 0.2) is 59.7 Å². The third-order valence-electron chi connectivity index (χ3n) is 5.37. The number of benzene rings is 2. The molecule has 2 aliphatic rings. The van der Waals surface area contributed by atoms with E-state index < -0.39 is 57.7 Å². The summed E-state index contributed by atoms with van der Waals surface area (Å²) in [6, 6.07) is 11.4. The smallest absolute Gasteiger partial charge is 0.318 e. The number of hydrogen-bond acceptors (Lipinski definition) is 8. The Balaban J connectivity index is 2.03. The van der Waals surface area contributed by atoms with Crippen LogP contribution < -0.4 is 0 Å². The van der Waals surface area contributed by atoms with Gasteiger partial charge in [-0.3, -0.25) is 24.0 Å². The van der Waals surface area contributed by atoms with Crippen molar-refractivity contribution >= 4 is 40.6 Å². The molecule has 0 fully saturated rings. The molecular weight excluding hydrogens is 416 g/mol. The maximum atomic E-state index is 13.0. The van der Waals surface area contributed by atoms with Crippen molar-refractivity contribution in [1.82, 2.24) is 0 Å². The van der Waals surface area contributed by atoms with Crippen molar-refractivity contribution in [2.45, 2.75) is 6.92 Å². The molecule has 4 rings (SSSR count). The van der Waals surface area contributed by atoms with E-state index in [0.29, 0.717) is 0 Å². The SMILES string of the molecule is CCOC(=O)C(C1=C(O)c2ccccc2C(=O)C1=O)C1=C(O)c2ccccc2C(=O)C1=O. The lowest BCUT2D eigenvalue weighted by atomic mass is 9.74. The van der Waals surface area contributed by atoms with Crippen molar-refractivity contribution in [2.24, 2.45) is 5.92 Å². The molecule has 0 unspecified atom stereocenters. The first kappa shape index (κ1) is 20.9. The molecule has 8 nitrogen and oxygen atoms in total. The number of hydrogen-bond donors (Lipinski definition) is 2. The van der Waals surface area contributed by atoms with Crippen LogP contribution >= 0.6 is 0 Å². The molecule has 0 spiro atoms. The van der Waals surface area contributed by atoms with E-state index >= 15 is 0 Å². The number of rotatable bonds is 4. The van der Waals surface area contributed by atoms with E-state index in [9.17, 15) is 34.2 Å². The van der Waals surface area contributed by atoms with Crippen LogP contribution in [0.25, 0.3) is 11.5 Å². The fourth-order valence-corrected chi connectivity index (χ4v) is 3.91. The van der Waals surface area contributed by atoms with Crippen molar-refractivity contribution in [3.63, 3.8) is 0 Å². The average molecular weight is 432 g/mol. The van der Waals surface area contributed by atoms with Crippen LogP contribution in [0.2, 0.25) is 0 Å². The van der Waals surface area contributed by atoms with Crippen molar-refractivity contribution in [1.29, 1.82) is 0 Å². The number of fused-ring (bicyclic) bond motifs is 2. The number of Topliss-reactive ketones (excluding diaryl/α,β-unsaturated/α-hetero) is 4. The molecule has 0 bridgehead atoms. The number of aliphatic hydroxyl groups is 2. The Kier molecular flexibility index (Phi) is 5.06. The zero-order valence-electron chi connectivity index (χ0n) is 16.7. The Hall–Kier alpha value is -4.33. The van der Waals surface area contributed by atoms with Gasteiger partial charge < -0.3 is 14.9 Å². The first-order valence-corrected chi connectivity index (χ1v) is 9.69. The molecule has 0 heterocycles. The van der Waals surface area contributed by atoms with Gasteiger partial charge in [-0.2, -0.15) is 0 Å². The van der Waals surface area contributed by atoms with Crippen molar-refractivity contribution < 1.29 is 38.9 Å². The summed E-state index contributed by atoms with van der Waals surface area (Å²) in [4.78, 5) is 64.2. The maximum Gasteiger partial charge on any atom is 0.318 e. The normalized spacial score (nSPS) is 15.8. The third kappa shape index (κ3) is 2.96. The zero-order chi connectivity index (χ0) is 23.2. The van der Waals surface area contributed by atoms with Crippen LogP contribution in [0.5, 0.6) is 0 Å². The van der Waals surface area contributed by atoms with Gasteiger partial charge in [0.15, 0.2) is 0 Å². The van der Waals surface area contributed by atoms with Crippen LogP contribution in [0, 0.1) is 5.92 Å². The van der Waals surface area contributed by atoms with E-state index in [1.807, 2.05) is 0 Å². The topological polar surface area (TPSA) is 135 Å². The molecule has 0 atom stereocenters. The predicted octanol–water partition coefficient (Wildman–Crippen LogP) is 2.64. The maximum absolute atomic E-state index is 13.0. The first-order chi connectivity index (χ1) is 15.3. The Morgan fingerprint density at radius 1 is 0.719 bits per heavy atom. The van der Waals surface area contributed by atoms with E-state index in [0.717, 1.165) is 0 Å². The lowest BCUT2D eigenvalue weighted by Crippen LogP contribution is -2.38. The highest BCUT2D eigenvalue weighted by atomic mass is 16.5. The zero-order valence-corrected chi connectivity index (χ0v) is 16.7. The summed E-state index contributed by atoms with van der Waals surface area (Å²) < 4.78 is 4.99. The molecule has 0 saturated carbocycles. The summed E-state index contributed by atoms with van der Waals surface area (Å²) >= 11 is 0. The van der Waals surface area contributed by atoms with Gasteiger partial charge in [-0.15, -0.1) is 0 Å². The Bertz CT molecular complexity index is 1200. The van der Waals surface area contributed by atoms with E-state index in [-0.39, 0.29) is 28.9 Å². The molecular formula is C24H16O8. The van der Waals surface area contributed by atoms with Gasteiger partial charge in [0.2, 0.25) is 23.1 Å². The summed E-state index contributed by atoms with van der Waals surface area (Å²) in [7, 11) is 0. The molecule has 0 amide bonds. The van der Waals surface area contributed by atoms with E-state index in [4.69, 9.17) is 4.74 Å². The monoisotopic (exact) mass is 432 g/mol. The largest absolute Gasteiger partial charge is 0.507 e. The molecule has 2 aliphatic carbocycles. The second-order valence-electron chi connectivity index (χ2n) is 7.12. The molecule has 0 aliphatic heterocycles. The molecule has 0 aromatic heterocycles. The lowest BCUT2D eigenvalue weighted by Gasteiger charge is -2.27. The Morgan fingerprint density at radius 2 is 1.09 bits per heavy atom. The second-order valence-corrected chi connectivity index (χ2v) is 7.12. The highest BCUT2D eigenvalue weighted by Gasteiger charge is 2.47. The van der Waals surface area contributed by atoms with E-state index in [2.05, 4.69) is 0 Å². The van der Waals surface area contributed by atoms with Crippen LogP contribution in [0.4, 0.5) is 0 Å². The fraction of sp³-hybridized carbons (Fsp3) is 0.125. The second kappa shape index (κ2) is 7.73. The lowest BCUT2D eigenvalue weighted by molar-refractivity contribution is -0.146. The molecule has 32 heavy (non-hydrogen) atoms. The molecule has 0 saturated heterocycles. The highest BCUT2D eigenvalue weighted by Crippen LogP contribution is 2.40. The Labute approximate surface area is 181 Å². The van der Waals surface area contributed by atoms with Gasteiger partial charge in [-0.25, -0.2) is 0 Å². The summed E-state index contributed by atoms with van der Waals surface area (Å²) in [5.74, 6) is -9.04. The van der Waals surface area contributed by atoms with Gasteiger partial charge in [0.1, 0.15) is 17.4 Å². The van der Waals surface area contributed by atoms with Gasteiger partial charge in [0.05, 0.1) is 17.8 Å². The minimum absolute atomic E-state index is 0.0172. The molecule has 0 radical (unpaired) electrons. The predicted molar refractivity (Wildman–Crippen MR) is 111 cm³/mol. The van der Waals surface area contributed by atoms with Gasteiger partial charge in [-0.1, -0.05) is 48.5 Å². The van der Waals surface area contributed by atoms with Crippen LogP contribution in [0.3, 0.4) is 0 Å². The van der Waals surface area contributed by atoms with Crippen molar-refractivity contribution in [2.75, 3.05) is 6.61 Å². The third-order valence-corrected chi connectivity index (χ3v) is 5.37. The molecule has 2 aromatic carbocycles. The number of ketones is 4. The van der Waals surface area contributed by atoms with Gasteiger partial charge in [-0.05, 0) is 6.92 Å². The number of esters is 1. The number of ether oxygens (including phenoxy) is 1. The number of aliphatic hydroxyl groups excluding tert-OH is 2.